The van der Waals surface area contributed by atoms with E-state index in [1.54, 1.807) is 12.3 Å². The lowest BCUT2D eigenvalue weighted by atomic mass is 10.0. The molecule has 0 spiro atoms. The van der Waals surface area contributed by atoms with Crippen molar-refractivity contribution in [1.82, 2.24) is 15.2 Å². The molecule has 1 N–H and O–H groups in total. The molecule has 4 nitrogen and oxygen atoms in total. The van der Waals surface area contributed by atoms with Crippen molar-refractivity contribution in [3.8, 4) is 0 Å². The third kappa shape index (κ3) is 4.93. The van der Waals surface area contributed by atoms with Crippen LogP contribution in [0.1, 0.15) is 43.1 Å². The molecule has 1 saturated heterocycles. The average Bonchev–Trinajstić information content (AvgIpc) is 2.48. The SMILES string of the molecule is C[C@@H]1CCCN(CCCCNC(=O)c2ccccn2)C1. The van der Waals surface area contributed by atoms with E-state index in [2.05, 4.69) is 22.1 Å². The number of likely N-dealkylation sites (tertiary alicyclic amines) is 1. The molecule has 2 rings (SSSR count). The van der Waals surface area contributed by atoms with Gasteiger partial charge in [0.05, 0.1) is 0 Å². The monoisotopic (exact) mass is 275 g/mol. The molecule has 0 unspecified atom stereocenters. The largest absolute Gasteiger partial charge is 0.351 e. The van der Waals surface area contributed by atoms with Gasteiger partial charge in [-0.25, -0.2) is 0 Å². The van der Waals surface area contributed by atoms with Crippen LogP contribution >= 0.6 is 0 Å². The third-order valence-corrected chi connectivity index (χ3v) is 3.83. The summed E-state index contributed by atoms with van der Waals surface area (Å²) in [6.07, 6.45) is 6.53. The molecule has 0 radical (unpaired) electrons. The zero-order chi connectivity index (χ0) is 14.2. The molecule has 110 valence electrons. The summed E-state index contributed by atoms with van der Waals surface area (Å²) >= 11 is 0. The van der Waals surface area contributed by atoms with Crippen molar-refractivity contribution in [2.75, 3.05) is 26.2 Å². The minimum Gasteiger partial charge on any atom is -0.351 e. The van der Waals surface area contributed by atoms with Gasteiger partial charge in [0.25, 0.3) is 5.91 Å². The van der Waals surface area contributed by atoms with Gasteiger partial charge in [0.15, 0.2) is 0 Å². The van der Waals surface area contributed by atoms with Crippen molar-refractivity contribution in [3.63, 3.8) is 0 Å². The van der Waals surface area contributed by atoms with Crippen LogP contribution in [0.2, 0.25) is 0 Å². The summed E-state index contributed by atoms with van der Waals surface area (Å²) in [5.41, 5.74) is 0.498. The first-order valence-corrected chi connectivity index (χ1v) is 7.67. The molecular weight excluding hydrogens is 250 g/mol. The highest BCUT2D eigenvalue weighted by Gasteiger charge is 2.15. The summed E-state index contributed by atoms with van der Waals surface area (Å²) in [7, 11) is 0. The first-order chi connectivity index (χ1) is 9.75. The molecule has 1 aliphatic heterocycles. The Kier molecular flexibility index (Phi) is 5.99. The number of nitrogens with one attached hydrogen (secondary N) is 1. The molecule has 4 heteroatoms. The molecule has 0 bridgehead atoms. The van der Waals surface area contributed by atoms with Gasteiger partial charge in [-0.1, -0.05) is 13.0 Å². The standard InChI is InChI=1S/C16H25N3O/c1-14-7-6-12-19(13-14)11-5-4-10-18-16(20)15-8-2-3-9-17-15/h2-3,8-9,14H,4-7,10-13H2,1H3,(H,18,20)/t14-/m1/s1. The minimum atomic E-state index is -0.0720. The Balaban J connectivity index is 1.56. The number of carbonyl (C=O) groups excluding carboxylic acids is 1. The van der Waals surface area contributed by atoms with E-state index in [1.165, 1.54) is 25.9 Å². The predicted octanol–water partition coefficient (Wildman–Crippen LogP) is 2.32. The smallest absolute Gasteiger partial charge is 0.269 e. The van der Waals surface area contributed by atoms with Gasteiger partial charge in [0.1, 0.15) is 5.69 Å². The molecule has 20 heavy (non-hydrogen) atoms. The summed E-state index contributed by atoms with van der Waals surface area (Å²) in [5.74, 6) is 0.768. The van der Waals surface area contributed by atoms with E-state index < -0.39 is 0 Å². The molecule has 1 aliphatic rings. The van der Waals surface area contributed by atoms with E-state index in [-0.39, 0.29) is 5.91 Å². The molecule has 1 atom stereocenters. The summed E-state index contributed by atoms with van der Waals surface area (Å²) in [6.45, 7) is 6.70. The Bertz CT molecular complexity index is 407. The fourth-order valence-electron chi connectivity index (χ4n) is 2.74. The molecule has 1 fully saturated rings. The number of piperidine rings is 1. The number of pyridine rings is 1. The number of hydrogen-bond donors (Lipinski definition) is 1. The van der Waals surface area contributed by atoms with Gasteiger partial charge in [-0.3, -0.25) is 9.78 Å². The highest BCUT2D eigenvalue weighted by atomic mass is 16.1. The number of aromatic nitrogens is 1. The first kappa shape index (κ1) is 15.0. The Morgan fingerprint density at radius 3 is 3.10 bits per heavy atom. The van der Waals surface area contributed by atoms with Crippen molar-refractivity contribution in [2.24, 2.45) is 5.92 Å². The van der Waals surface area contributed by atoms with Crippen molar-refractivity contribution >= 4 is 5.91 Å². The topological polar surface area (TPSA) is 45.2 Å². The van der Waals surface area contributed by atoms with Crippen LogP contribution in [0.3, 0.4) is 0 Å². The number of carbonyl (C=O) groups is 1. The predicted molar refractivity (Wildman–Crippen MR) is 80.6 cm³/mol. The normalized spacial score (nSPS) is 19.8. The van der Waals surface area contributed by atoms with E-state index in [0.717, 1.165) is 31.8 Å². The maximum atomic E-state index is 11.8. The Morgan fingerprint density at radius 1 is 1.45 bits per heavy atom. The summed E-state index contributed by atoms with van der Waals surface area (Å²) in [5, 5.41) is 2.93. The van der Waals surface area contributed by atoms with Crippen LogP contribution in [0.15, 0.2) is 24.4 Å². The van der Waals surface area contributed by atoms with Crippen LogP contribution in [-0.4, -0.2) is 42.0 Å². The van der Waals surface area contributed by atoms with E-state index in [9.17, 15) is 4.79 Å². The van der Waals surface area contributed by atoms with Crippen LogP contribution < -0.4 is 5.32 Å². The summed E-state index contributed by atoms with van der Waals surface area (Å²) in [6, 6.07) is 5.39. The van der Waals surface area contributed by atoms with Gasteiger partial charge in [-0.2, -0.15) is 0 Å². The van der Waals surface area contributed by atoms with Crippen LogP contribution in [0.4, 0.5) is 0 Å². The van der Waals surface area contributed by atoms with Crippen LogP contribution in [-0.2, 0) is 0 Å². The zero-order valence-electron chi connectivity index (χ0n) is 12.3. The number of nitrogens with zero attached hydrogens (tertiary/aromatic N) is 2. The minimum absolute atomic E-state index is 0.0720. The van der Waals surface area contributed by atoms with Crippen molar-refractivity contribution in [1.29, 1.82) is 0 Å². The second-order valence-electron chi connectivity index (χ2n) is 5.73. The lowest BCUT2D eigenvalue weighted by Crippen LogP contribution is -2.35. The molecular formula is C16H25N3O. The molecule has 1 amide bonds. The van der Waals surface area contributed by atoms with E-state index in [4.69, 9.17) is 0 Å². The average molecular weight is 275 g/mol. The molecule has 2 heterocycles. The fourth-order valence-corrected chi connectivity index (χ4v) is 2.74. The van der Waals surface area contributed by atoms with E-state index in [1.807, 2.05) is 12.1 Å². The summed E-state index contributed by atoms with van der Waals surface area (Å²) < 4.78 is 0. The molecule has 0 saturated carbocycles. The Labute approximate surface area is 121 Å². The lowest BCUT2D eigenvalue weighted by Gasteiger charge is -2.30. The van der Waals surface area contributed by atoms with Gasteiger partial charge >= 0.3 is 0 Å². The fraction of sp³-hybridized carbons (Fsp3) is 0.625. The van der Waals surface area contributed by atoms with Crippen molar-refractivity contribution in [3.05, 3.63) is 30.1 Å². The molecule has 0 aromatic carbocycles. The number of amides is 1. The Morgan fingerprint density at radius 2 is 2.35 bits per heavy atom. The quantitative estimate of drug-likeness (QED) is 0.810. The maximum Gasteiger partial charge on any atom is 0.269 e. The highest BCUT2D eigenvalue weighted by Crippen LogP contribution is 2.15. The summed E-state index contributed by atoms with van der Waals surface area (Å²) in [4.78, 5) is 18.4. The number of hydrogen-bond acceptors (Lipinski definition) is 3. The van der Waals surface area contributed by atoms with E-state index in [0.29, 0.717) is 5.69 Å². The van der Waals surface area contributed by atoms with Crippen molar-refractivity contribution in [2.45, 2.75) is 32.6 Å². The van der Waals surface area contributed by atoms with Crippen LogP contribution in [0.5, 0.6) is 0 Å². The van der Waals surface area contributed by atoms with E-state index >= 15 is 0 Å². The maximum absolute atomic E-state index is 11.8. The first-order valence-electron chi connectivity index (χ1n) is 7.67. The van der Waals surface area contributed by atoms with Gasteiger partial charge in [0, 0.05) is 19.3 Å². The third-order valence-electron chi connectivity index (χ3n) is 3.83. The zero-order valence-corrected chi connectivity index (χ0v) is 12.3. The Hall–Kier alpha value is -1.42. The number of unbranched alkanes of at least 4 members (excludes halogenated alkanes) is 1. The van der Waals surface area contributed by atoms with Crippen LogP contribution in [0.25, 0.3) is 0 Å². The van der Waals surface area contributed by atoms with Gasteiger partial charge in [0.2, 0.25) is 0 Å². The second kappa shape index (κ2) is 8.00. The van der Waals surface area contributed by atoms with Crippen LogP contribution in [0, 0.1) is 5.92 Å². The number of rotatable bonds is 6. The molecule has 0 aliphatic carbocycles. The molecule has 1 aromatic rings. The second-order valence-corrected chi connectivity index (χ2v) is 5.73. The van der Waals surface area contributed by atoms with Crippen molar-refractivity contribution < 1.29 is 4.79 Å². The van der Waals surface area contributed by atoms with Gasteiger partial charge < -0.3 is 10.2 Å². The van der Waals surface area contributed by atoms with Gasteiger partial charge in [-0.05, 0) is 56.8 Å². The lowest BCUT2D eigenvalue weighted by molar-refractivity contribution is 0.0947. The molecule has 1 aromatic heterocycles. The highest BCUT2D eigenvalue weighted by molar-refractivity contribution is 5.92. The van der Waals surface area contributed by atoms with Gasteiger partial charge in [-0.15, -0.1) is 0 Å².